The van der Waals surface area contributed by atoms with E-state index in [0.717, 1.165) is 20.9 Å². The number of urea groups is 1. The van der Waals surface area contributed by atoms with Gasteiger partial charge in [0.05, 0.1) is 11.6 Å². The summed E-state index contributed by atoms with van der Waals surface area (Å²) in [6, 6.07) is 10.8. The van der Waals surface area contributed by atoms with E-state index in [-0.39, 0.29) is 5.82 Å². The van der Waals surface area contributed by atoms with Crippen LogP contribution in [-0.2, 0) is 15.1 Å². The van der Waals surface area contributed by atoms with Crippen LogP contribution >= 0.6 is 11.8 Å². The average Bonchev–Trinajstić information content (AvgIpc) is 2.73. The first-order valence-corrected chi connectivity index (χ1v) is 10.2. The number of hydrogen-bond acceptors (Lipinski definition) is 5. The Morgan fingerprint density at radius 3 is 2.48 bits per heavy atom. The fraction of sp³-hybridized carbons (Fsp3) is 0.381. The van der Waals surface area contributed by atoms with Crippen molar-refractivity contribution in [3.8, 4) is 0 Å². The lowest BCUT2D eigenvalue weighted by atomic mass is 9.86. The van der Waals surface area contributed by atoms with E-state index in [1.165, 1.54) is 23.9 Å². The molecule has 2 aromatic carbocycles. The van der Waals surface area contributed by atoms with E-state index in [1.54, 1.807) is 26.2 Å². The molecule has 1 aliphatic rings. The summed E-state index contributed by atoms with van der Waals surface area (Å²) >= 11 is 1.43. The number of amides is 2. The van der Waals surface area contributed by atoms with E-state index in [4.69, 9.17) is 15.2 Å². The van der Waals surface area contributed by atoms with Crippen LogP contribution in [-0.4, -0.2) is 36.6 Å². The molecule has 1 aliphatic heterocycles. The lowest BCUT2D eigenvalue weighted by Gasteiger charge is -2.36. The van der Waals surface area contributed by atoms with Crippen molar-refractivity contribution in [2.45, 2.75) is 41.2 Å². The van der Waals surface area contributed by atoms with Crippen LogP contribution in [0.15, 0.2) is 52.3 Å². The molecule has 3 N–H and O–H groups in total. The molecule has 3 rings (SSSR count). The van der Waals surface area contributed by atoms with Crippen molar-refractivity contribution in [2.75, 3.05) is 20.3 Å². The highest BCUT2D eigenvalue weighted by Gasteiger charge is 2.35. The van der Waals surface area contributed by atoms with Gasteiger partial charge in [0.15, 0.2) is 0 Å². The van der Waals surface area contributed by atoms with E-state index in [0.29, 0.717) is 31.1 Å². The molecule has 0 spiro atoms. The summed E-state index contributed by atoms with van der Waals surface area (Å²) in [5.74, 6) is -0.310. The van der Waals surface area contributed by atoms with Crippen LogP contribution in [0.3, 0.4) is 0 Å². The Kier molecular flexibility index (Phi) is 6.79. The number of nitrogens with two attached hydrogens (primary N) is 1. The second kappa shape index (κ2) is 9.13. The number of carbonyl (C=O) groups is 1. The molecule has 0 radical (unpaired) electrons. The first-order chi connectivity index (χ1) is 13.8. The SMILES string of the molecule is COC1(c2cc(F)cc(Sc3ccc(C(C)N(O)C(N)=O)cc3)c2)CCOCC1. The van der Waals surface area contributed by atoms with E-state index < -0.39 is 17.7 Å². The lowest BCUT2D eigenvalue weighted by Crippen LogP contribution is -2.35. The summed E-state index contributed by atoms with van der Waals surface area (Å²) in [5, 5.41) is 10.2. The lowest BCUT2D eigenvalue weighted by molar-refractivity contribution is -0.0950. The second-order valence-electron chi connectivity index (χ2n) is 7.02. The Labute approximate surface area is 173 Å². The summed E-state index contributed by atoms with van der Waals surface area (Å²) in [7, 11) is 1.65. The molecule has 2 amide bonds. The van der Waals surface area contributed by atoms with Crippen LogP contribution < -0.4 is 5.73 Å². The zero-order valence-electron chi connectivity index (χ0n) is 16.4. The smallest absolute Gasteiger partial charge is 0.339 e. The van der Waals surface area contributed by atoms with Crippen LogP contribution in [0.25, 0.3) is 0 Å². The zero-order chi connectivity index (χ0) is 21.0. The number of carbonyl (C=O) groups excluding carboxylic acids is 1. The normalized spacial score (nSPS) is 17.0. The number of ether oxygens (including phenoxy) is 2. The van der Waals surface area contributed by atoms with Gasteiger partial charge in [-0.1, -0.05) is 23.9 Å². The molecule has 0 aliphatic carbocycles. The van der Waals surface area contributed by atoms with Crippen molar-refractivity contribution in [2.24, 2.45) is 5.73 Å². The summed E-state index contributed by atoms with van der Waals surface area (Å²) in [5.41, 5.74) is 6.11. The van der Waals surface area contributed by atoms with Gasteiger partial charge >= 0.3 is 6.03 Å². The van der Waals surface area contributed by atoms with Gasteiger partial charge in [-0.15, -0.1) is 0 Å². The average molecular weight is 421 g/mol. The van der Waals surface area contributed by atoms with Crippen molar-refractivity contribution in [1.82, 2.24) is 5.06 Å². The summed E-state index contributed by atoms with van der Waals surface area (Å²) < 4.78 is 25.6. The van der Waals surface area contributed by atoms with Crippen LogP contribution in [0.5, 0.6) is 0 Å². The summed E-state index contributed by atoms with van der Waals surface area (Å²) in [6.45, 7) is 2.84. The molecule has 1 unspecified atom stereocenters. The van der Waals surface area contributed by atoms with Crippen molar-refractivity contribution < 1.29 is 23.9 Å². The van der Waals surface area contributed by atoms with Crippen molar-refractivity contribution >= 4 is 17.8 Å². The Morgan fingerprint density at radius 2 is 1.90 bits per heavy atom. The number of methoxy groups -OCH3 is 1. The minimum Gasteiger partial charge on any atom is -0.381 e. The molecule has 8 heteroatoms. The Bertz CT molecular complexity index is 856. The van der Waals surface area contributed by atoms with E-state index in [2.05, 4.69) is 0 Å². The van der Waals surface area contributed by atoms with Gasteiger partial charge in [-0.3, -0.25) is 5.21 Å². The summed E-state index contributed by atoms with van der Waals surface area (Å²) in [6.07, 6.45) is 1.36. The van der Waals surface area contributed by atoms with E-state index in [9.17, 15) is 14.4 Å². The van der Waals surface area contributed by atoms with Gasteiger partial charge in [-0.25, -0.2) is 9.18 Å². The molecular weight excluding hydrogens is 395 g/mol. The van der Waals surface area contributed by atoms with Gasteiger partial charge in [0.1, 0.15) is 5.82 Å². The number of benzene rings is 2. The molecule has 1 atom stereocenters. The zero-order valence-corrected chi connectivity index (χ0v) is 17.2. The first kappa shape index (κ1) is 21.6. The fourth-order valence-corrected chi connectivity index (χ4v) is 4.38. The molecule has 1 fully saturated rings. The molecule has 0 aromatic heterocycles. The maximum Gasteiger partial charge on any atom is 0.339 e. The Morgan fingerprint density at radius 1 is 1.24 bits per heavy atom. The third-order valence-corrected chi connectivity index (χ3v) is 6.26. The van der Waals surface area contributed by atoms with Crippen molar-refractivity contribution in [1.29, 1.82) is 0 Å². The predicted molar refractivity (Wildman–Crippen MR) is 107 cm³/mol. The highest BCUT2D eigenvalue weighted by molar-refractivity contribution is 7.99. The second-order valence-corrected chi connectivity index (χ2v) is 8.16. The monoisotopic (exact) mass is 420 g/mol. The van der Waals surface area contributed by atoms with Crippen LogP contribution in [0.1, 0.15) is 36.9 Å². The standard InChI is InChI=1S/C21H25FN2O4S/c1-14(24(26)20(23)25)15-3-5-18(6-4-15)29-19-12-16(11-17(22)13-19)21(27-2)7-9-28-10-8-21/h3-6,11-14,26H,7-10H2,1-2H3,(H2,23,25). The maximum atomic E-state index is 14.3. The van der Waals surface area contributed by atoms with Crippen LogP contribution in [0.4, 0.5) is 9.18 Å². The highest BCUT2D eigenvalue weighted by atomic mass is 32.2. The van der Waals surface area contributed by atoms with E-state index in [1.807, 2.05) is 18.2 Å². The molecule has 1 saturated heterocycles. The highest BCUT2D eigenvalue weighted by Crippen LogP contribution is 2.39. The maximum absolute atomic E-state index is 14.3. The fourth-order valence-electron chi connectivity index (χ4n) is 3.48. The minimum absolute atomic E-state index is 0.310. The van der Waals surface area contributed by atoms with Crippen LogP contribution in [0, 0.1) is 5.82 Å². The Hall–Kier alpha value is -2.13. The molecule has 1 heterocycles. The quantitative estimate of drug-likeness (QED) is 0.532. The van der Waals surface area contributed by atoms with Crippen molar-refractivity contribution in [3.05, 3.63) is 59.4 Å². The third-order valence-electron chi connectivity index (χ3n) is 5.28. The summed E-state index contributed by atoms with van der Waals surface area (Å²) in [4.78, 5) is 12.8. The van der Waals surface area contributed by atoms with Gasteiger partial charge in [-0.2, -0.15) is 5.06 Å². The number of rotatable bonds is 6. The Balaban J connectivity index is 1.80. The molecule has 156 valence electrons. The van der Waals surface area contributed by atoms with Gasteiger partial charge in [0.2, 0.25) is 0 Å². The minimum atomic E-state index is -0.913. The largest absolute Gasteiger partial charge is 0.381 e. The molecule has 29 heavy (non-hydrogen) atoms. The predicted octanol–water partition coefficient (Wildman–Crippen LogP) is 4.46. The third kappa shape index (κ3) is 4.90. The number of hydroxylamine groups is 2. The topological polar surface area (TPSA) is 85.0 Å². The van der Waals surface area contributed by atoms with Gasteiger partial charge in [-0.05, 0) is 48.4 Å². The van der Waals surface area contributed by atoms with Gasteiger partial charge in [0, 0.05) is 43.0 Å². The number of primary amides is 1. The number of halogens is 1. The van der Waals surface area contributed by atoms with Gasteiger partial charge in [0.25, 0.3) is 0 Å². The number of hydrogen-bond donors (Lipinski definition) is 2. The molecular formula is C21H25FN2O4S. The van der Waals surface area contributed by atoms with E-state index >= 15 is 0 Å². The molecule has 0 saturated carbocycles. The number of nitrogens with zero attached hydrogens (tertiary/aromatic N) is 1. The molecule has 2 aromatic rings. The van der Waals surface area contributed by atoms with Crippen LogP contribution in [0.2, 0.25) is 0 Å². The van der Waals surface area contributed by atoms with Crippen molar-refractivity contribution in [3.63, 3.8) is 0 Å². The van der Waals surface area contributed by atoms with Gasteiger partial charge < -0.3 is 15.2 Å². The molecule has 6 nitrogen and oxygen atoms in total. The molecule has 0 bridgehead atoms. The first-order valence-electron chi connectivity index (χ1n) is 9.34.